The van der Waals surface area contributed by atoms with E-state index >= 15 is 0 Å². The molecule has 0 bridgehead atoms. The summed E-state index contributed by atoms with van der Waals surface area (Å²) in [6, 6.07) is 3.68. The van der Waals surface area contributed by atoms with Crippen molar-refractivity contribution in [2.75, 3.05) is 0 Å². The molecule has 114 valence electrons. The summed E-state index contributed by atoms with van der Waals surface area (Å²) in [5, 5.41) is 21.9. The zero-order chi connectivity index (χ0) is 16.0. The van der Waals surface area contributed by atoms with Gasteiger partial charge in [-0.2, -0.15) is 0 Å². The molecule has 0 aliphatic heterocycles. The van der Waals surface area contributed by atoms with Crippen LogP contribution < -0.4 is 11.1 Å². The molecular formula is C13H17N3O5. The molecule has 0 saturated carbocycles. The molecule has 1 atom stereocenters. The number of carbonyl (C=O) groups excluding carboxylic acids is 1. The third-order valence-electron chi connectivity index (χ3n) is 3.07. The maximum atomic E-state index is 11.7. The van der Waals surface area contributed by atoms with Crippen LogP contribution in [0.15, 0.2) is 18.2 Å². The summed E-state index contributed by atoms with van der Waals surface area (Å²) in [5.74, 6) is -1.50. The van der Waals surface area contributed by atoms with Gasteiger partial charge in [-0.25, -0.2) is 0 Å². The lowest BCUT2D eigenvalue weighted by Gasteiger charge is -2.12. The lowest BCUT2D eigenvalue weighted by Crippen LogP contribution is -2.40. The zero-order valence-corrected chi connectivity index (χ0v) is 11.5. The maximum absolute atomic E-state index is 11.7. The molecule has 0 saturated heterocycles. The summed E-state index contributed by atoms with van der Waals surface area (Å²) in [7, 11) is 0. The summed E-state index contributed by atoms with van der Waals surface area (Å²) in [6.45, 7) is 1.71. The Morgan fingerprint density at radius 1 is 1.48 bits per heavy atom. The van der Waals surface area contributed by atoms with Crippen molar-refractivity contribution >= 4 is 17.6 Å². The van der Waals surface area contributed by atoms with Crippen LogP contribution in [0, 0.1) is 17.0 Å². The van der Waals surface area contributed by atoms with Gasteiger partial charge < -0.3 is 16.2 Å². The van der Waals surface area contributed by atoms with Crippen LogP contribution in [0.25, 0.3) is 0 Å². The number of nitro benzene ring substituents is 1. The normalized spacial score (nSPS) is 11.7. The second kappa shape index (κ2) is 7.34. The van der Waals surface area contributed by atoms with Crippen molar-refractivity contribution < 1.29 is 19.6 Å². The van der Waals surface area contributed by atoms with Crippen molar-refractivity contribution in [1.82, 2.24) is 5.32 Å². The summed E-state index contributed by atoms with van der Waals surface area (Å²) in [4.78, 5) is 32.4. The highest BCUT2D eigenvalue weighted by Gasteiger charge is 2.17. The minimum absolute atomic E-state index is 0.0167. The minimum atomic E-state index is -1.02. The second-order valence-corrected chi connectivity index (χ2v) is 4.58. The third-order valence-corrected chi connectivity index (χ3v) is 3.07. The van der Waals surface area contributed by atoms with E-state index in [-0.39, 0.29) is 25.1 Å². The van der Waals surface area contributed by atoms with Gasteiger partial charge in [-0.3, -0.25) is 19.7 Å². The van der Waals surface area contributed by atoms with Crippen LogP contribution in [-0.4, -0.2) is 27.9 Å². The molecule has 0 aliphatic rings. The zero-order valence-electron chi connectivity index (χ0n) is 11.5. The van der Waals surface area contributed by atoms with Gasteiger partial charge in [0.05, 0.1) is 11.0 Å². The lowest BCUT2D eigenvalue weighted by atomic mass is 10.1. The Balaban J connectivity index is 2.63. The van der Waals surface area contributed by atoms with E-state index in [1.807, 2.05) is 0 Å². The quantitative estimate of drug-likeness (QED) is 0.500. The molecule has 1 amide bonds. The summed E-state index contributed by atoms with van der Waals surface area (Å²) in [5.41, 5.74) is 6.63. The van der Waals surface area contributed by atoms with Gasteiger partial charge in [0.15, 0.2) is 0 Å². The Bertz CT molecular complexity index is 559. The van der Waals surface area contributed by atoms with E-state index in [1.165, 1.54) is 12.1 Å². The molecular weight excluding hydrogens is 278 g/mol. The van der Waals surface area contributed by atoms with Gasteiger partial charge in [-0.1, -0.05) is 12.1 Å². The number of nitro groups is 1. The fourth-order valence-corrected chi connectivity index (χ4v) is 1.78. The molecule has 0 fully saturated rings. The van der Waals surface area contributed by atoms with Crippen molar-refractivity contribution in [1.29, 1.82) is 0 Å². The van der Waals surface area contributed by atoms with Crippen LogP contribution in [-0.2, 0) is 16.1 Å². The average molecular weight is 295 g/mol. The molecule has 0 aromatic heterocycles. The summed E-state index contributed by atoms with van der Waals surface area (Å²) in [6.07, 6.45) is -0.153. The number of carboxylic acids is 1. The Labute approximate surface area is 121 Å². The smallest absolute Gasteiger partial charge is 0.303 e. The largest absolute Gasteiger partial charge is 0.481 e. The van der Waals surface area contributed by atoms with Crippen LogP contribution in [0.1, 0.15) is 24.0 Å². The third kappa shape index (κ3) is 4.84. The number of aliphatic carboxylic acids is 1. The molecule has 0 aliphatic carbocycles. The first kappa shape index (κ1) is 16.6. The van der Waals surface area contributed by atoms with Crippen LogP contribution in [0.3, 0.4) is 0 Å². The highest BCUT2D eigenvalue weighted by molar-refractivity contribution is 5.82. The van der Waals surface area contributed by atoms with E-state index in [9.17, 15) is 19.7 Å². The predicted molar refractivity (Wildman–Crippen MR) is 74.5 cm³/mol. The molecule has 1 rings (SSSR count). The SMILES string of the molecule is Cc1c(CNC(=O)C(N)CCC(=O)O)cccc1[N+](=O)[O-]. The molecule has 0 heterocycles. The predicted octanol–water partition coefficient (Wildman–Crippen LogP) is 0.712. The highest BCUT2D eigenvalue weighted by Crippen LogP contribution is 2.20. The molecule has 1 aromatic carbocycles. The Morgan fingerprint density at radius 3 is 2.71 bits per heavy atom. The second-order valence-electron chi connectivity index (χ2n) is 4.58. The molecule has 4 N–H and O–H groups in total. The van der Waals surface area contributed by atoms with Crippen LogP contribution in [0.5, 0.6) is 0 Å². The fraction of sp³-hybridized carbons (Fsp3) is 0.385. The number of amides is 1. The number of benzene rings is 1. The standard InChI is InChI=1S/C13H17N3O5/c1-8-9(3-2-4-11(8)16(20)21)7-15-13(19)10(14)5-6-12(17)18/h2-4,10H,5-7,14H2,1H3,(H,15,19)(H,17,18). The summed E-state index contributed by atoms with van der Waals surface area (Å²) >= 11 is 0. The Kier molecular flexibility index (Phi) is 5.79. The molecule has 21 heavy (non-hydrogen) atoms. The van der Waals surface area contributed by atoms with E-state index in [4.69, 9.17) is 10.8 Å². The van der Waals surface area contributed by atoms with E-state index in [2.05, 4.69) is 5.32 Å². The number of nitrogens with zero attached hydrogens (tertiary/aromatic N) is 1. The van der Waals surface area contributed by atoms with Crippen LogP contribution >= 0.6 is 0 Å². The van der Waals surface area contributed by atoms with Gasteiger partial charge in [0.25, 0.3) is 5.69 Å². The van der Waals surface area contributed by atoms with E-state index in [0.29, 0.717) is 11.1 Å². The van der Waals surface area contributed by atoms with Gasteiger partial charge >= 0.3 is 5.97 Å². The number of hydrogen-bond acceptors (Lipinski definition) is 5. The molecule has 1 aromatic rings. The van der Waals surface area contributed by atoms with Gasteiger partial charge in [-0.05, 0) is 18.9 Å². The van der Waals surface area contributed by atoms with E-state index in [1.54, 1.807) is 13.0 Å². The number of hydrogen-bond donors (Lipinski definition) is 3. The molecule has 8 nitrogen and oxygen atoms in total. The van der Waals surface area contributed by atoms with Crippen molar-refractivity contribution in [2.24, 2.45) is 5.73 Å². The van der Waals surface area contributed by atoms with Gasteiger partial charge in [0.2, 0.25) is 5.91 Å². The molecule has 0 radical (unpaired) electrons. The number of carboxylic acid groups (broad SMARTS) is 1. The van der Waals surface area contributed by atoms with Crippen molar-refractivity contribution in [2.45, 2.75) is 32.4 Å². The van der Waals surface area contributed by atoms with Crippen LogP contribution in [0.2, 0.25) is 0 Å². The minimum Gasteiger partial charge on any atom is -0.481 e. The van der Waals surface area contributed by atoms with Gasteiger partial charge in [0.1, 0.15) is 0 Å². The molecule has 8 heteroatoms. The van der Waals surface area contributed by atoms with Crippen molar-refractivity contribution in [3.8, 4) is 0 Å². The number of rotatable bonds is 7. The maximum Gasteiger partial charge on any atom is 0.303 e. The van der Waals surface area contributed by atoms with Crippen LogP contribution in [0.4, 0.5) is 5.69 Å². The Morgan fingerprint density at radius 2 is 2.14 bits per heavy atom. The lowest BCUT2D eigenvalue weighted by molar-refractivity contribution is -0.385. The Hall–Kier alpha value is -2.48. The first-order valence-electron chi connectivity index (χ1n) is 6.31. The first-order chi connectivity index (χ1) is 9.82. The first-order valence-corrected chi connectivity index (χ1v) is 6.31. The molecule has 0 spiro atoms. The molecule has 1 unspecified atom stereocenters. The average Bonchev–Trinajstić information content (AvgIpc) is 2.42. The van der Waals surface area contributed by atoms with E-state index in [0.717, 1.165) is 0 Å². The van der Waals surface area contributed by atoms with Crippen molar-refractivity contribution in [3.63, 3.8) is 0 Å². The van der Waals surface area contributed by atoms with Crippen molar-refractivity contribution in [3.05, 3.63) is 39.4 Å². The monoisotopic (exact) mass is 295 g/mol. The number of nitrogens with two attached hydrogens (primary N) is 1. The fourth-order valence-electron chi connectivity index (χ4n) is 1.78. The van der Waals surface area contributed by atoms with Gasteiger partial charge in [0, 0.05) is 24.6 Å². The van der Waals surface area contributed by atoms with E-state index < -0.39 is 22.8 Å². The van der Waals surface area contributed by atoms with Gasteiger partial charge in [-0.15, -0.1) is 0 Å². The number of carbonyl (C=O) groups is 2. The summed E-state index contributed by atoms with van der Waals surface area (Å²) < 4.78 is 0. The number of nitrogens with one attached hydrogen (secondary N) is 1. The topological polar surface area (TPSA) is 136 Å². The highest BCUT2D eigenvalue weighted by atomic mass is 16.6.